The molecule has 0 bridgehead atoms. The van der Waals surface area contributed by atoms with E-state index in [2.05, 4.69) is 23.6 Å². The first-order valence-corrected chi connectivity index (χ1v) is 7.92. The van der Waals surface area contributed by atoms with Crippen LogP contribution in [-0.4, -0.2) is 94.8 Å². The summed E-state index contributed by atoms with van der Waals surface area (Å²) in [4.78, 5) is 4.93. The number of hydrogen-bond donors (Lipinski definition) is 1. The van der Waals surface area contributed by atoms with Crippen LogP contribution < -0.4 is 5.73 Å². The second-order valence-electron chi connectivity index (χ2n) is 6.06. The zero-order chi connectivity index (χ0) is 15.6. The van der Waals surface area contributed by atoms with Crippen LogP contribution in [0.1, 0.15) is 13.8 Å². The lowest BCUT2D eigenvalue weighted by Gasteiger charge is -2.43. The van der Waals surface area contributed by atoms with Crippen LogP contribution in [0.4, 0.5) is 0 Å². The molecular weight excluding hydrogens is 270 g/mol. The third kappa shape index (κ3) is 7.54. The van der Waals surface area contributed by atoms with Crippen LogP contribution in [0.3, 0.4) is 0 Å². The van der Waals surface area contributed by atoms with Gasteiger partial charge in [0, 0.05) is 51.9 Å². The maximum absolute atomic E-state index is 5.83. The fourth-order valence-corrected chi connectivity index (χ4v) is 2.36. The SMILES string of the molecule is COCCOCCOCCN1CCN(C(C)(C)CN)CC1. The van der Waals surface area contributed by atoms with Crippen molar-refractivity contribution < 1.29 is 14.2 Å². The van der Waals surface area contributed by atoms with Gasteiger partial charge in [-0.05, 0) is 13.8 Å². The average molecular weight is 303 g/mol. The number of hydrogen-bond acceptors (Lipinski definition) is 6. The van der Waals surface area contributed by atoms with Gasteiger partial charge < -0.3 is 19.9 Å². The van der Waals surface area contributed by atoms with Crippen molar-refractivity contribution in [3.05, 3.63) is 0 Å². The quantitative estimate of drug-likeness (QED) is 0.543. The standard InChI is InChI=1S/C15H33N3O3/c1-15(2,14-16)18-6-4-17(5-7-18)8-9-20-12-13-21-11-10-19-3/h4-14,16H2,1-3H3. The summed E-state index contributed by atoms with van der Waals surface area (Å²) in [7, 11) is 1.67. The average Bonchev–Trinajstić information content (AvgIpc) is 2.50. The summed E-state index contributed by atoms with van der Waals surface area (Å²) < 4.78 is 15.8. The van der Waals surface area contributed by atoms with E-state index in [-0.39, 0.29) is 5.54 Å². The first-order valence-electron chi connectivity index (χ1n) is 7.92. The summed E-state index contributed by atoms with van der Waals surface area (Å²) in [5.74, 6) is 0. The second-order valence-corrected chi connectivity index (χ2v) is 6.06. The Hall–Kier alpha value is -0.240. The van der Waals surface area contributed by atoms with Crippen LogP contribution in [0, 0.1) is 0 Å². The molecule has 0 saturated carbocycles. The lowest BCUT2D eigenvalue weighted by molar-refractivity contribution is 0.00952. The van der Waals surface area contributed by atoms with Crippen molar-refractivity contribution in [2.75, 3.05) is 79.4 Å². The van der Waals surface area contributed by atoms with Gasteiger partial charge in [0.15, 0.2) is 0 Å². The van der Waals surface area contributed by atoms with E-state index in [4.69, 9.17) is 19.9 Å². The van der Waals surface area contributed by atoms with Gasteiger partial charge in [0.1, 0.15) is 0 Å². The molecule has 6 nitrogen and oxygen atoms in total. The molecule has 126 valence electrons. The molecule has 0 amide bonds. The Bertz CT molecular complexity index is 257. The summed E-state index contributed by atoms with van der Waals surface area (Å²) in [5.41, 5.74) is 5.95. The fraction of sp³-hybridized carbons (Fsp3) is 1.00. The maximum atomic E-state index is 5.83. The molecule has 0 radical (unpaired) electrons. The van der Waals surface area contributed by atoms with Gasteiger partial charge in [-0.25, -0.2) is 0 Å². The summed E-state index contributed by atoms with van der Waals surface area (Å²) in [6.45, 7) is 13.9. The molecule has 0 aromatic rings. The molecule has 0 atom stereocenters. The molecule has 1 aliphatic rings. The Labute approximate surface area is 129 Å². The minimum atomic E-state index is 0.113. The highest BCUT2D eigenvalue weighted by Crippen LogP contribution is 2.15. The lowest BCUT2D eigenvalue weighted by atomic mass is 10.0. The number of nitrogens with two attached hydrogens (primary N) is 1. The molecule has 0 spiro atoms. The van der Waals surface area contributed by atoms with E-state index in [0.29, 0.717) is 33.0 Å². The molecule has 6 heteroatoms. The van der Waals surface area contributed by atoms with Crippen LogP contribution in [0.2, 0.25) is 0 Å². The van der Waals surface area contributed by atoms with Crippen LogP contribution in [0.15, 0.2) is 0 Å². The van der Waals surface area contributed by atoms with Gasteiger partial charge >= 0.3 is 0 Å². The first-order chi connectivity index (χ1) is 10.1. The van der Waals surface area contributed by atoms with E-state index in [0.717, 1.165) is 39.3 Å². The third-order valence-electron chi connectivity index (χ3n) is 4.08. The van der Waals surface area contributed by atoms with E-state index in [1.165, 1.54) is 0 Å². The highest BCUT2D eigenvalue weighted by molar-refractivity contribution is 4.86. The van der Waals surface area contributed by atoms with Gasteiger partial charge in [0.05, 0.1) is 33.0 Å². The molecule has 0 aliphatic carbocycles. The van der Waals surface area contributed by atoms with E-state index >= 15 is 0 Å². The van der Waals surface area contributed by atoms with Crippen molar-refractivity contribution >= 4 is 0 Å². The monoisotopic (exact) mass is 303 g/mol. The van der Waals surface area contributed by atoms with Gasteiger partial charge in [-0.2, -0.15) is 0 Å². The topological polar surface area (TPSA) is 60.2 Å². The van der Waals surface area contributed by atoms with Crippen molar-refractivity contribution in [1.29, 1.82) is 0 Å². The van der Waals surface area contributed by atoms with E-state index in [1.807, 2.05) is 0 Å². The zero-order valence-electron chi connectivity index (χ0n) is 14.0. The Balaban J connectivity index is 1.98. The van der Waals surface area contributed by atoms with Gasteiger partial charge in [0.25, 0.3) is 0 Å². The minimum Gasteiger partial charge on any atom is -0.382 e. The molecule has 1 fully saturated rings. The molecule has 21 heavy (non-hydrogen) atoms. The van der Waals surface area contributed by atoms with Crippen LogP contribution in [-0.2, 0) is 14.2 Å². The molecule has 1 aliphatic heterocycles. The summed E-state index contributed by atoms with van der Waals surface area (Å²) in [6.07, 6.45) is 0. The normalized spacial score (nSPS) is 18.3. The van der Waals surface area contributed by atoms with Gasteiger partial charge in [0.2, 0.25) is 0 Å². The van der Waals surface area contributed by atoms with E-state index < -0.39 is 0 Å². The second kappa shape index (κ2) is 10.5. The Morgan fingerprint density at radius 3 is 2.05 bits per heavy atom. The van der Waals surface area contributed by atoms with Gasteiger partial charge in [-0.15, -0.1) is 0 Å². The number of ether oxygens (including phenoxy) is 3. The predicted octanol–water partition coefficient (Wildman–Crippen LogP) is 0.0209. The largest absolute Gasteiger partial charge is 0.382 e. The molecule has 0 unspecified atom stereocenters. The number of piperazine rings is 1. The highest BCUT2D eigenvalue weighted by atomic mass is 16.5. The Kier molecular flexibility index (Phi) is 9.39. The van der Waals surface area contributed by atoms with Crippen LogP contribution in [0.25, 0.3) is 0 Å². The predicted molar refractivity (Wildman–Crippen MR) is 84.7 cm³/mol. The molecule has 1 saturated heterocycles. The number of rotatable bonds is 11. The highest BCUT2D eigenvalue weighted by Gasteiger charge is 2.28. The molecule has 1 rings (SSSR count). The molecule has 0 aromatic heterocycles. The lowest BCUT2D eigenvalue weighted by Crippen LogP contribution is -2.57. The Morgan fingerprint density at radius 1 is 0.905 bits per heavy atom. The van der Waals surface area contributed by atoms with E-state index in [1.54, 1.807) is 7.11 Å². The smallest absolute Gasteiger partial charge is 0.0701 e. The summed E-state index contributed by atoms with van der Waals surface area (Å²) in [6, 6.07) is 0. The third-order valence-corrected chi connectivity index (χ3v) is 4.08. The van der Waals surface area contributed by atoms with Gasteiger partial charge in [-0.1, -0.05) is 0 Å². The van der Waals surface area contributed by atoms with Crippen molar-refractivity contribution in [2.45, 2.75) is 19.4 Å². The molecule has 0 aromatic carbocycles. The Morgan fingerprint density at radius 2 is 1.48 bits per heavy atom. The van der Waals surface area contributed by atoms with Gasteiger partial charge in [-0.3, -0.25) is 9.80 Å². The van der Waals surface area contributed by atoms with Crippen molar-refractivity contribution in [3.63, 3.8) is 0 Å². The van der Waals surface area contributed by atoms with E-state index in [9.17, 15) is 0 Å². The van der Waals surface area contributed by atoms with Crippen molar-refractivity contribution in [3.8, 4) is 0 Å². The minimum absolute atomic E-state index is 0.113. The number of nitrogens with zero attached hydrogens (tertiary/aromatic N) is 2. The van der Waals surface area contributed by atoms with Crippen LogP contribution in [0.5, 0.6) is 0 Å². The summed E-state index contributed by atoms with van der Waals surface area (Å²) in [5, 5.41) is 0. The maximum Gasteiger partial charge on any atom is 0.0701 e. The number of methoxy groups -OCH3 is 1. The first kappa shape index (κ1) is 18.8. The fourth-order valence-electron chi connectivity index (χ4n) is 2.36. The molecular formula is C15H33N3O3. The van der Waals surface area contributed by atoms with Crippen molar-refractivity contribution in [2.24, 2.45) is 5.73 Å². The zero-order valence-corrected chi connectivity index (χ0v) is 14.0. The summed E-state index contributed by atoms with van der Waals surface area (Å²) >= 11 is 0. The van der Waals surface area contributed by atoms with Crippen LogP contribution >= 0.6 is 0 Å². The molecule has 2 N–H and O–H groups in total. The van der Waals surface area contributed by atoms with Crippen molar-refractivity contribution in [1.82, 2.24) is 9.80 Å². The molecule has 1 heterocycles.